The molecule has 0 aliphatic carbocycles. The first-order chi connectivity index (χ1) is 14.6. The average molecular weight is 429 g/mol. The fraction of sp³-hybridized carbons (Fsp3) is 0.273. The minimum Gasteiger partial charge on any atom is -0.382 e. The molecule has 0 saturated carbocycles. The first-order valence-electron chi connectivity index (χ1n) is 9.82. The first kappa shape index (κ1) is 20.4. The van der Waals surface area contributed by atoms with Gasteiger partial charge in [0, 0.05) is 24.5 Å². The Morgan fingerprint density at radius 3 is 2.50 bits per heavy atom. The van der Waals surface area contributed by atoms with Crippen LogP contribution in [0.2, 0.25) is 5.02 Å². The van der Waals surface area contributed by atoms with Crippen molar-refractivity contribution in [2.75, 3.05) is 30.4 Å². The zero-order valence-corrected chi connectivity index (χ0v) is 17.0. The van der Waals surface area contributed by atoms with Crippen molar-refractivity contribution in [3.63, 3.8) is 0 Å². The molecule has 1 aromatic heterocycles. The number of aromatic nitrogens is 2. The molecule has 4 rings (SSSR count). The van der Waals surface area contributed by atoms with Crippen molar-refractivity contribution in [1.29, 1.82) is 0 Å². The summed E-state index contributed by atoms with van der Waals surface area (Å²) in [5.74, 6) is 0.113. The van der Waals surface area contributed by atoms with Crippen LogP contribution in [0.3, 0.4) is 0 Å². The van der Waals surface area contributed by atoms with Gasteiger partial charge in [0.25, 0.3) is 5.56 Å². The molecule has 0 spiro atoms. The molecule has 1 saturated heterocycles. The molecule has 0 unspecified atom stereocenters. The van der Waals surface area contributed by atoms with Gasteiger partial charge in [0.15, 0.2) is 0 Å². The SMILES string of the molecule is O=c1c(Cl)c(NC[C@@H]2CCCOC2)cnn1-c1ccc(Nc2ccc(F)cc2)cc1. The largest absolute Gasteiger partial charge is 0.382 e. The van der Waals surface area contributed by atoms with Gasteiger partial charge in [0.2, 0.25) is 0 Å². The predicted molar refractivity (Wildman–Crippen MR) is 117 cm³/mol. The lowest BCUT2D eigenvalue weighted by molar-refractivity contribution is 0.0595. The third-order valence-electron chi connectivity index (χ3n) is 5.00. The van der Waals surface area contributed by atoms with Gasteiger partial charge in [0.1, 0.15) is 10.8 Å². The smallest absolute Gasteiger partial charge is 0.292 e. The Kier molecular flexibility index (Phi) is 6.30. The van der Waals surface area contributed by atoms with Crippen LogP contribution in [0.25, 0.3) is 5.69 Å². The van der Waals surface area contributed by atoms with Gasteiger partial charge in [-0.15, -0.1) is 0 Å². The molecule has 2 aromatic carbocycles. The number of hydrogen-bond donors (Lipinski definition) is 2. The first-order valence-corrected chi connectivity index (χ1v) is 10.2. The van der Waals surface area contributed by atoms with E-state index in [2.05, 4.69) is 15.7 Å². The molecule has 30 heavy (non-hydrogen) atoms. The van der Waals surface area contributed by atoms with E-state index >= 15 is 0 Å². The van der Waals surface area contributed by atoms with Gasteiger partial charge in [-0.2, -0.15) is 9.78 Å². The molecule has 6 nitrogen and oxygen atoms in total. The zero-order chi connectivity index (χ0) is 20.9. The molecule has 1 aliphatic rings. The van der Waals surface area contributed by atoms with Crippen LogP contribution in [-0.4, -0.2) is 29.5 Å². The van der Waals surface area contributed by atoms with E-state index in [1.54, 1.807) is 30.5 Å². The van der Waals surface area contributed by atoms with Crippen LogP contribution >= 0.6 is 11.6 Å². The van der Waals surface area contributed by atoms with E-state index in [4.69, 9.17) is 16.3 Å². The quantitative estimate of drug-likeness (QED) is 0.600. The Morgan fingerprint density at radius 2 is 1.83 bits per heavy atom. The van der Waals surface area contributed by atoms with Crippen molar-refractivity contribution in [3.8, 4) is 5.69 Å². The van der Waals surface area contributed by atoms with Crippen LogP contribution in [-0.2, 0) is 4.74 Å². The molecule has 0 bridgehead atoms. The second kappa shape index (κ2) is 9.28. The highest BCUT2D eigenvalue weighted by molar-refractivity contribution is 6.32. The summed E-state index contributed by atoms with van der Waals surface area (Å²) < 4.78 is 19.8. The molecule has 0 radical (unpaired) electrons. The minimum atomic E-state index is -0.388. The Balaban J connectivity index is 1.46. The summed E-state index contributed by atoms with van der Waals surface area (Å²) in [6.45, 7) is 2.22. The minimum absolute atomic E-state index is 0.107. The molecule has 1 fully saturated rings. The van der Waals surface area contributed by atoms with E-state index in [0.717, 1.165) is 30.8 Å². The van der Waals surface area contributed by atoms with Crippen LogP contribution in [0.5, 0.6) is 0 Å². The number of nitrogens with one attached hydrogen (secondary N) is 2. The van der Waals surface area contributed by atoms with E-state index in [1.165, 1.54) is 16.8 Å². The van der Waals surface area contributed by atoms with Crippen LogP contribution in [0.4, 0.5) is 21.5 Å². The number of hydrogen-bond acceptors (Lipinski definition) is 5. The number of nitrogens with zero attached hydrogens (tertiary/aromatic N) is 2. The molecule has 156 valence electrons. The summed E-state index contributed by atoms with van der Waals surface area (Å²) in [7, 11) is 0. The van der Waals surface area contributed by atoms with E-state index < -0.39 is 0 Å². The third-order valence-corrected chi connectivity index (χ3v) is 5.36. The fourth-order valence-electron chi connectivity index (χ4n) is 3.35. The fourth-order valence-corrected chi connectivity index (χ4v) is 3.54. The Labute approximate surface area is 178 Å². The number of ether oxygens (including phenoxy) is 1. The van der Waals surface area contributed by atoms with Crippen LogP contribution in [0.15, 0.2) is 59.5 Å². The number of halogens is 2. The zero-order valence-electron chi connectivity index (χ0n) is 16.3. The van der Waals surface area contributed by atoms with Crippen molar-refractivity contribution in [3.05, 3.63) is 75.9 Å². The Morgan fingerprint density at radius 1 is 1.13 bits per heavy atom. The Hall–Kier alpha value is -2.90. The van der Waals surface area contributed by atoms with Gasteiger partial charge in [-0.1, -0.05) is 11.6 Å². The maximum atomic E-state index is 13.0. The molecule has 3 aromatic rings. The van der Waals surface area contributed by atoms with Gasteiger partial charge in [-0.05, 0) is 67.3 Å². The molecule has 1 atom stereocenters. The maximum absolute atomic E-state index is 13.0. The van der Waals surface area contributed by atoms with Crippen molar-refractivity contribution >= 4 is 28.7 Å². The van der Waals surface area contributed by atoms with Crippen LogP contribution < -0.4 is 16.2 Å². The normalized spacial score (nSPS) is 16.3. The summed E-state index contributed by atoms with van der Waals surface area (Å²) in [5, 5.41) is 10.8. The predicted octanol–water partition coefficient (Wildman–Crippen LogP) is 4.61. The number of rotatable bonds is 6. The monoisotopic (exact) mass is 428 g/mol. The van der Waals surface area contributed by atoms with Gasteiger partial charge < -0.3 is 15.4 Å². The molecular weight excluding hydrogens is 407 g/mol. The lowest BCUT2D eigenvalue weighted by Gasteiger charge is -2.22. The summed E-state index contributed by atoms with van der Waals surface area (Å²) in [5.41, 5.74) is 2.30. The van der Waals surface area contributed by atoms with Gasteiger partial charge in [-0.25, -0.2) is 4.39 Å². The molecule has 1 aliphatic heterocycles. The summed E-state index contributed by atoms with van der Waals surface area (Å²) >= 11 is 6.31. The van der Waals surface area contributed by atoms with Crippen molar-refractivity contribution in [2.24, 2.45) is 5.92 Å². The van der Waals surface area contributed by atoms with Crippen LogP contribution in [0, 0.1) is 11.7 Å². The number of anilines is 3. The van der Waals surface area contributed by atoms with Crippen molar-refractivity contribution in [2.45, 2.75) is 12.8 Å². The second-order valence-electron chi connectivity index (χ2n) is 7.23. The highest BCUT2D eigenvalue weighted by Crippen LogP contribution is 2.21. The molecular formula is C22H22ClFN4O2. The molecule has 2 N–H and O–H groups in total. The summed E-state index contributed by atoms with van der Waals surface area (Å²) in [4.78, 5) is 12.7. The summed E-state index contributed by atoms with van der Waals surface area (Å²) in [6.07, 6.45) is 3.71. The van der Waals surface area contributed by atoms with Gasteiger partial charge in [-0.3, -0.25) is 4.79 Å². The molecule has 8 heteroatoms. The highest BCUT2D eigenvalue weighted by Gasteiger charge is 2.16. The van der Waals surface area contributed by atoms with Crippen LogP contribution in [0.1, 0.15) is 12.8 Å². The highest BCUT2D eigenvalue weighted by atomic mass is 35.5. The lowest BCUT2D eigenvalue weighted by atomic mass is 10.0. The Bertz CT molecular complexity index is 1050. The van der Waals surface area contributed by atoms with E-state index in [-0.39, 0.29) is 16.4 Å². The molecule has 0 amide bonds. The second-order valence-corrected chi connectivity index (χ2v) is 7.61. The van der Waals surface area contributed by atoms with Crippen molar-refractivity contribution in [1.82, 2.24) is 9.78 Å². The number of benzene rings is 2. The summed E-state index contributed by atoms with van der Waals surface area (Å²) in [6, 6.07) is 13.2. The standard InChI is InChI=1S/C22H22ClFN4O2/c23-21-20(25-12-15-2-1-11-30-14-15)13-26-28(22(21)29)19-9-7-18(8-10-19)27-17-5-3-16(24)4-6-17/h3-10,13,15,25,27H,1-2,11-12,14H2/t15-/m0/s1. The molecule has 2 heterocycles. The van der Waals surface area contributed by atoms with E-state index in [9.17, 15) is 9.18 Å². The van der Waals surface area contributed by atoms with Gasteiger partial charge in [0.05, 0.1) is 24.2 Å². The maximum Gasteiger partial charge on any atom is 0.292 e. The topological polar surface area (TPSA) is 68.2 Å². The third kappa shape index (κ3) is 4.80. The van der Waals surface area contributed by atoms with Gasteiger partial charge >= 0.3 is 0 Å². The lowest BCUT2D eigenvalue weighted by Crippen LogP contribution is -2.26. The average Bonchev–Trinajstić information content (AvgIpc) is 2.78. The van der Waals surface area contributed by atoms with E-state index in [0.29, 0.717) is 30.4 Å². The van der Waals surface area contributed by atoms with E-state index in [1.807, 2.05) is 12.1 Å². The van der Waals surface area contributed by atoms with Crippen molar-refractivity contribution < 1.29 is 9.13 Å².